The lowest BCUT2D eigenvalue weighted by Gasteiger charge is -2.08. The van der Waals surface area contributed by atoms with Gasteiger partial charge >= 0.3 is 5.95 Å². The summed E-state index contributed by atoms with van der Waals surface area (Å²) in [5.41, 5.74) is 13.3. The molecule has 0 aliphatic carbocycles. The number of hydrogen-bond donors (Lipinski definition) is 2. The Labute approximate surface area is 154 Å². The Morgan fingerprint density at radius 3 is 2.68 bits per heavy atom. The number of nitrogen functional groups attached to an aromatic ring is 1. The predicted octanol–water partition coefficient (Wildman–Crippen LogP) is 2.38. The first-order valence-electron chi connectivity index (χ1n) is 7.60. The highest BCUT2D eigenvalue weighted by Crippen LogP contribution is 2.27. The fourth-order valence-electron chi connectivity index (χ4n) is 2.71. The van der Waals surface area contributed by atoms with Crippen LogP contribution in [0.25, 0.3) is 11.0 Å². The summed E-state index contributed by atoms with van der Waals surface area (Å²) in [6, 6.07) is 12.7. The topological polar surface area (TPSA) is 87.2 Å². The van der Waals surface area contributed by atoms with Gasteiger partial charge in [0.25, 0.3) is 5.91 Å². The normalized spacial score (nSPS) is 11.0. The summed E-state index contributed by atoms with van der Waals surface area (Å²) >= 11 is 12.0. The number of fused-ring (bicyclic) bond motifs is 1. The summed E-state index contributed by atoms with van der Waals surface area (Å²) in [7, 11) is 0. The largest absolute Gasteiger partial charge is 0.489 e. The molecule has 0 aliphatic rings. The molecular weight excluding hydrogens is 363 g/mol. The minimum absolute atomic E-state index is 0.0171. The van der Waals surface area contributed by atoms with Crippen molar-refractivity contribution in [2.24, 2.45) is 5.73 Å². The number of rotatable bonds is 6. The smallest absolute Gasteiger partial charge is 0.356 e. The fraction of sp³-hybridized carbons (Fsp3) is 0.176. The number of primary amides is 1. The third kappa shape index (κ3) is 3.65. The van der Waals surface area contributed by atoms with Crippen molar-refractivity contribution in [1.82, 2.24) is 4.57 Å². The number of hydrogen-bond acceptors (Lipinski definition) is 3. The number of ether oxygens (including phenoxy) is 1. The second kappa shape index (κ2) is 7.21. The number of carbonyl (C=O) groups is 1. The van der Waals surface area contributed by atoms with Crippen LogP contribution >= 0.6 is 23.2 Å². The molecule has 1 aromatic heterocycles. The standard InChI is InChI=1S/C17H16Cl2N4O2/c18-11-5-6-15(12(19)9-11)25-8-7-22-13-3-1-2-4-14(13)23(17(22)21)10-16(20)24/h1-6,9,21H,7-8,10H2,(H2,20,24)/p+1. The average Bonchev–Trinajstić information content (AvgIpc) is 2.82. The molecule has 3 rings (SSSR count). The van der Waals surface area contributed by atoms with Gasteiger partial charge in [0.15, 0.2) is 6.54 Å². The van der Waals surface area contributed by atoms with E-state index in [0.717, 1.165) is 11.0 Å². The molecule has 0 unspecified atom stereocenters. The fourth-order valence-corrected chi connectivity index (χ4v) is 3.17. The zero-order valence-corrected chi connectivity index (χ0v) is 14.8. The molecule has 4 N–H and O–H groups in total. The van der Waals surface area contributed by atoms with Gasteiger partial charge in [0.1, 0.15) is 29.9 Å². The highest BCUT2D eigenvalue weighted by Gasteiger charge is 2.21. The van der Waals surface area contributed by atoms with Gasteiger partial charge in [-0.05, 0) is 30.3 Å². The average molecular weight is 380 g/mol. The van der Waals surface area contributed by atoms with Gasteiger partial charge in [-0.2, -0.15) is 0 Å². The molecule has 6 nitrogen and oxygen atoms in total. The van der Waals surface area contributed by atoms with E-state index in [1.807, 2.05) is 28.8 Å². The van der Waals surface area contributed by atoms with Gasteiger partial charge in [-0.1, -0.05) is 35.3 Å². The monoisotopic (exact) mass is 379 g/mol. The maximum Gasteiger partial charge on any atom is 0.356 e. The maximum absolute atomic E-state index is 11.3. The SMILES string of the molecule is NC(=O)C[n+]1c(N)n(CCOc2ccc(Cl)cc2Cl)c2ccccc21. The minimum atomic E-state index is -0.455. The molecule has 0 saturated carbocycles. The van der Waals surface area contributed by atoms with Gasteiger partial charge in [0.2, 0.25) is 0 Å². The van der Waals surface area contributed by atoms with Crippen molar-refractivity contribution in [2.45, 2.75) is 13.1 Å². The number of halogens is 2. The number of aromatic nitrogens is 2. The van der Waals surface area contributed by atoms with Crippen LogP contribution in [0.15, 0.2) is 42.5 Å². The molecular formula is C17H17Cl2N4O2+. The Morgan fingerprint density at radius 1 is 1.20 bits per heavy atom. The summed E-state index contributed by atoms with van der Waals surface area (Å²) in [6.45, 7) is 0.848. The summed E-state index contributed by atoms with van der Waals surface area (Å²) in [6.07, 6.45) is 0. The van der Waals surface area contributed by atoms with E-state index in [2.05, 4.69) is 0 Å². The van der Waals surface area contributed by atoms with Crippen LogP contribution in [0, 0.1) is 0 Å². The molecule has 25 heavy (non-hydrogen) atoms. The number of nitrogens with zero attached hydrogens (tertiary/aromatic N) is 2. The second-order valence-corrected chi connectivity index (χ2v) is 6.32. The molecule has 130 valence electrons. The van der Waals surface area contributed by atoms with Crippen molar-refractivity contribution in [3.05, 3.63) is 52.5 Å². The summed E-state index contributed by atoms with van der Waals surface area (Å²) in [4.78, 5) is 11.3. The lowest BCUT2D eigenvalue weighted by atomic mass is 10.3. The number of imidazole rings is 1. The van der Waals surface area contributed by atoms with E-state index in [-0.39, 0.29) is 6.54 Å². The van der Waals surface area contributed by atoms with E-state index >= 15 is 0 Å². The van der Waals surface area contributed by atoms with Crippen LogP contribution in [0.1, 0.15) is 0 Å². The molecule has 0 bridgehead atoms. The highest BCUT2D eigenvalue weighted by molar-refractivity contribution is 6.35. The molecule has 0 aliphatic heterocycles. The Kier molecular flexibility index (Phi) is 5.01. The van der Waals surface area contributed by atoms with Gasteiger partial charge < -0.3 is 10.5 Å². The lowest BCUT2D eigenvalue weighted by molar-refractivity contribution is -0.644. The summed E-state index contributed by atoms with van der Waals surface area (Å²) in [5, 5.41) is 0.993. The number of nitrogens with two attached hydrogens (primary N) is 2. The lowest BCUT2D eigenvalue weighted by Crippen LogP contribution is -2.42. The van der Waals surface area contributed by atoms with Crippen LogP contribution in [-0.2, 0) is 17.9 Å². The maximum atomic E-state index is 11.3. The molecule has 0 atom stereocenters. The third-order valence-corrected chi connectivity index (χ3v) is 4.33. The van der Waals surface area contributed by atoms with Crippen molar-refractivity contribution < 1.29 is 14.1 Å². The van der Waals surface area contributed by atoms with Crippen LogP contribution < -0.4 is 20.8 Å². The molecule has 0 saturated heterocycles. The van der Waals surface area contributed by atoms with Crippen LogP contribution in [-0.4, -0.2) is 17.1 Å². The van der Waals surface area contributed by atoms with Crippen LogP contribution in [0.5, 0.6) is 5.75 Å². The zero-order chi connectivity index (χ0) is 18.0. The first-order valence-corrected chi connectivity index (χ1v) is 8.35. The van der Waals surface area contributed by atoms with Gasteiger partial charge in [-0.15, -0.1) is 0 Å². The van der Waals surface area contributed by atoms with E-state index in [1.54, 1.807) is 22.8 Å². The number of para-hydroxylation sites is 2. The molecule has 1 amide bonds. The predicted molar refractivity (Wildman–Crippen MR) is 97.7 cm³/mol. The van der Waals surface area contributed by atoms with E-state index in [9.17, 15) is 4.79 Å². The van der Waals surface area contributed by atoms with Crippen molar-refractivity contribution in [3.63, 3.8) is 0 Å². The van der Waals surface area contributed by atoms with Crippen LogP contribution in [0.4, 0.5) is 5.95 Å². The first-order chi connectivity index (χ1) is 12.0. The van der Waals surface area contributed by atoms with Crippen molar-refractivity contribution in [2.75, 3.05) is 12.3 Å². The first kappa shape index (κ1) is 17.4. The van der Waals surface area contributed by atoms with Crippen molar-refractivity contribution in [1.29, 1.82) is 0 Å². The van der Waals surface area contributed by atoms with Gasteiger partial charge in [0, 0.05) is 5.02 Å². The van der Waals surface area contributed by atoms with Crippen molar-refractivity contribution >= 4 is 46.1 Å². The van der Waals surface area contributed by atoms with Gasteiger partial charge in [0.05, 0.1) is 5.02 Å². The Bertz CT molecular complexity index is 940. The summed E-state index contributed by atoms with van der Waals surface area (Å²) in [5.74, 6) is 0.528. The second-order valence-electron chi connectivity index (χ2n) is 5.47. The third-order valence-electron chi connectivity index (χ3n) is 3.80. The van der Waals surface area contributed by atoms with E-state index < -0.39 is 5.91 Å². The zero-order valence-electron chi connectivity index (χ0n) is 13.3. The van der Waals surface area contributed by atoms with E-state index in [0.29, 0.717) is 34.9 Å². The van der Waals surface area contributed by atoms with Crippen LogP contribution in [0.2, 0.25) is 10.0 Å². The molecule has 0 radical (unpaired) electrons. The number of anilines is 1. The van der Waals surface area contributed by atoms with Crippen LogP contribution in [0.3, 0.4) is 0 Å². The molecule has 8 heteroatoms. The number of amides is 1. The van der Waals surface area contributed by atoms with Gasteiger partial charge in [-0.3, -0.25) is 10.5 Å². The summed E-state index contributed by atoms with van der Waals surface area (Å²) < 4.78 is 9.29. The molecule has 2 aromatic carbocycles. The number of benzene rings is 2. The minimum Gasteiger partial charge on any atom is -0.489 e. The quantitative estimate of drug-likeness (QED) is 0.644. The van der Waals surface area contributed by atoms with E-state index in [1.165, 1.54) is 0 Å². The molecule has 0 fully saturated rings. The molecule has 0 spiro atoms. The Morgan fingerprint density at radius 2 is 1.96 bits per heavy atom. The molecule has 3 aromatic rings. The van der Waals surface area contributed by atoms with Gasteiger partial charge in [-0.25, -0.2) is 9.13 Å². The van der Waals surface area contributed by atoms with E-state index in [4.69, 9.17) is 39.4 Å². The Hall–Kier alpha value is -2.44. The molecule has 1 heterocycles. The van der Waals surface area contributed by atoms with Crippen molar-refractivity contribution in [3.8, 4) is 5.75 Å². The Balaban J connectivity index is 1.83. The highest BCUT2D eigenvalue weighted by atomic mass is 35.5. The number of carbonyl (C=O) groups excluding carboxylic acids is 1.